The van der Waals surface area contributed by atoms with Crippen LogP contribution in [0.1, 0.15) is 18.6 Å². The van der Waals surface area contributed by atoms with Crippen LogP contribution in [0.25, 0.3) is 0 Å². The molecule has 0 bridgehead atoms. The Morgan fingerprint density at radius 2 is 1.71 bits per heavy atom. The zero-order valence-corrected chi connectivity index (χ0v) is 15.6. The summed E-state index contributed by atoms with van der Waals surface area (Å²) in [5.74, 6) is -0.964. The van der Waals surface area contributed by atoms with E-state index in [2.05, 4.69) is 15.0 Å². The van der Waals surface area contributed by atoms with Crippen LogP contribution >= 0.6 is 23.2 Å². The van der Waals surface area contributed by atoms with Gasteiger partial charge < -0.3 is 5.32 Å². The molecule has 1 fully saturated rings. The van der Waals surface area contributed by atoms with Crippen LogP contribution in [-0.2, 0) is 9.53 Å². The van der Waals surface area contributed by atoms with E-state index in [1.807, 2.05) is 0 Å². The molecule has 2 heterocycles. The summed E-state index contributed by atoms with van der Waals surface area (Å²) < 4.78 is 43.4. The van der Waals surface area contributed by atoms with Crippen molar-refractivity contribution < 1.29 is 27.5 Å². The average molecular weight is 434 g/mol. The Morgan fingerprint density at radius 1 is 1.14 bits per heavy atom. The molecule has 0 aliphatic carbocycles. The molecule has 28 heavy (non-hydrogen) atoms. The number of pyridine rings is 1. The SMILES string of the molecule is CC1(C(OC(F)(F)F)c2ccccc2)NC(=O)N(c2cc(Cl)nc(Cl)c2)C1=O. The Hall–Kier alpha value is -2.36. The number of nitrogens with one attached hydrogen (secondary N) is 1. The van der Waals surface area contributed by atoms with Crippen LogP contribution in [0.5, 0.6) is 0 Å². The van der Waals surface area contributed by atoms with Gasteiger partial charge in [-0.15, -0.1) is 13.2 Å². The molecule has 1 aliphatic rings. The molecule has 1 aliphatic heterocycles. The van der Waals surface area contributed by atoms with Crippen LogP contribution in [-0.4, -0.2) is 28.8 Å². The van der Waals surface area contributed by atoms with Crippen molar-refractivity contribution in [2.75, 3.05) is 4.90 Å². The summed E-state index contributed by atoms with van der Waals surface area (Å²) in [7, 11) is 0. The maximum Gasteiger partial charge on any atom is 0.523 e. The number of anilines is 1. The van der Waals surface area contributed by atoms with E-state index < -0.39 is 29.9 Å². The standard InChI is InChI=1S/C17H12Cl2F3N3O3/c1-16(13(28-17(20,21)22)9-5-3-2-4-6-9)14(26)25(15(27)24-16)10-7-11(18)23-12(19)8-10/h2-8,13H,1H3,(H,24,27). The third-order valence-corrected chi connectivity index (χ3v) is 4.49. The number of hydrogen-bond donors (Lipinski definition) is 1. The predicted octanol–water partition coefficient (Wildman–Crippen LogP) is 4.48. The van der Waals surface area contributed by atoms with Crippen LogP contribution in [0.4, 0.5) is 23.7 Å². The van der Waals surface area contributed by atoms with Crippen molar-refractivity contribution >= 4 is 40.8 Å². The van der Waals surface area contributed by atoms with E-state index in [1.165, 1.54) is 36.4 Å². The molecule has 2 unspecified atom stereocenters. The van der Waals surface area contributed by atoms with Gasteiger partial charge in [0.05, 0.1) is 5.69 Å². The lowest BCUT2D eigenvalue weighted by molar-refractivity contribution is -0.350. The Balaban J connectivity index is 2.06. The smallest absolute Gasteiger partial charge is 0.320 e. The second-order valence-corrected chi connectivity index (χ2v) is 6.87. The van der Waals surface area contributed by atoms with E-state index in [0.29, 0.717) is 4.90 Å². The first-order valence-corrected chi connectivity index (χ1v) is 8.56. The monoisotopic (exact) mass is 433 g/mol. The number of imide groups is 1. The van der Waals surface area contributed by atoms with E-state index >= 15 is 0 Å². The first-order valence-electron chi connectivity index (χ1n) is 7.80. The van der Waals surface area contributed by atoms with Gasteiger partial charge in [-0.05, 0) is 24.6 Å². The van der Waals surface area contributed by atoms with E-state index in [-0.39, 0.29) is 21.6 Å². The minimum Gasteiger partial charge on any atom is -0.320 e. The molecule has 1 saturated heterocycles. The number of nitrogens with zero attached hydrogens (tertiary/aromatic N) is 2. The molecule has 1 aromatic carbocycles. The first kappa shape index (κ1) is 20.4. The molecule has 3 amide bonds. The van der Waals surface area contributed by atoms with Crippen molar-refractivity contribution in [1.29, 1.82) is 0 Å². The van der Waals surface area contributed by atoms with Gasteiger partial charge in [-0.25, -0.2) is 14.7 Å². The summed E-state index contributed by atoms with van der Waals surface area (Å²) in [5.41, 5.74) is -2.02. The number of ether oxygens (including phenoxy) is 1. The Morgan fingerprint density at radius 3 is 2.25 bits per heavy atom. The number of alkyl halides is 3. The van der Waals surface area contributed by atoms with Crippen molar-refractivity contribution in [2.24, 2.45) is 0 Å². The van der Waals surface area contributed by atoms with Gasteiger partial charge in [-0.3, -0.25) is 9.53 Å². The van der Waals surface area contributed by atoms with Crippen molar-refractivity contribution in [3.63, 3.8) is 0 Å². The Bertz CT molecular complexity index is 907. The number of amides is 3. The summed E-state index contributed by atoms with van der Waals surface area (Å²) in [5, 5.41) is 2.11. The number of rotatable bonds is 4. The Labute approximate surface area is 167 Å². The zero-order chi connectivity index (χ0) is 20.7. The second kappa shape index (κ2) is 7.23. The number of halogens is 5. The topological polar surface area (TPSA) is 71.5 Å². The molecule has 2 aromatic rings. The van der Waals surface area contributed by atoms with Gasteiger partial charge in [0, 0.05) is 0 Å². The van der Waals surface area contributed by atoms with Gasteiger partial charge in [0.15, 0.2) is 0 Å². The van der Waals surface area contributed by atoms with Gasteiger partial charge >= 0.3 is 12.4 Å². The highest BCUT2D eigenvalue weighted by Crippen LogP contribution is 2.40. The lowest BCUT2D eigenvalue weighted by atomic mass is 9.89. The Kier molecular flexibility index (Phi) is 5.26. The fourth-order valence-corrected chi connectivity index (χ4v) is 3.38. The highest BCUT2D eigenvalue weighted by Gasteiger charge is 2.57. The molecule has 6 nitrogen and oxygen atoms in total. The van der Waals surface area contributed by atoms with Crippen molar-refractivity contribution in [3.8, 4) is 0 Å². The summed E-state index contributed by atoms with van der Waals surface area (Å²) in [6.45, 7) is 1.15. The summed E-state index contributed by atoms with van der Waals surface area (Å²) >= 11 is 11.6. The molecule has 0 radical (unpaired) electrons. The maximum absolute atomic E-state index is 13.1. The van der Waals surface area contributed by atoms with Crippen LogP contribution in [0.2, 0.25) is 10.3 Å². The number of carbonyl (C=O) groups is 2. The van der Waals surface area contributed by atoms with Crippen LogP contribution in [0.15, 0.2) is 42.5 Å². The quantitative estimate of drug-likeness (QED) is 0.569. The molecular weight excluding hydrogens is 422 g/mol. The number of carbonyl (C=O) groups excluding carboxylic acids is 2. The minimum absolute atomic E-state index is 0.0324. The molecule has 1 N–H and O–H groups in total. The highest BCUT2D eigenvalue weighted by molar-refractivity contribution is 6.33. The van der Waals surface area contributed by atoms with Gasteiger partial charge in [0.25, 0.3) is 5.91 Å². The molecule has 0 spiro atoms. The average Bonchev–Trinajstić information content (AvgIpc) is 2.81. The van der Waals surface area contributed by atoms with E-state index in [1.54, 1.807) is 6.07 Å². The largest absolute Gasteiger partial charge is 0.523 e. The molecule has 3 rings (SSSR count). The first-order chi connectivity index (χ1) is 13.0. The number of hydrogen-bond acceptors (Lipinski definition) is 4. The van der Waals surface area contributed by atoms with Crippen molar-refractivity contribution in [3.05, 3.63) is 58.3 Å². The van der Waals surface area contributed by atoms with Gasteiger partial charge in [-0.1, -0.05) is 53.5 Å². The van der Waals surface area contributed by atoms with Crippen LogP contribution in [0, 0.1) is 0 Å². The third kappa shape index (κ3) is 3.91. The van der Waals surface area contributed by atoms with E-state index in [4.69, 9.17) is 23.2 Å². The lowest BCUT2D eigenvalue weighted by Gasteiger charge is -2.32. The van der Waals surface area contributed by atoms with Gasteiger partial charge in [0.1, 0.15) is 21.9 Å². The molecule has 0 saturated carbocycles. The fourth-order valence-electron chi connectivity index (χ4n) is 2.93. The van der Waals surface area contributed by atoms with Gasteiger partial charge in [0.2, 0.25) is 0 Å². The van der Waals surface area contributed by atoms with E-state index in [9.17, 15) is 22.8 Å². The summed E-state index contributed by atoms with van der Waals surface area (Å²) in [6.07, 6.45) is -6.88. The van der Waals surface area contributed by atoms with Crippen LogP contribution < -0.4 is 10.2 Å². The minimum atomic E-state index is -5.05. The zero-order valence-electron chi connectivity index (χ0n) is 14.1. The second-order valence-electron chi connectivity index (χ2n) is 6.10. The molecular formula is C17H12Cl2F3N3O3. The van der Waals surface area contributed by atoms with Crippen molar-refractivity contribution in [2.45, 2.75) is 24.9 Å². The number of urea groups is 1. The molecule has 148 valence electrons. The fraction of sp³-hybridized carbons (Fsp3) is 0.235. The molecule has 2 atom stereocenters. The summed E-state index contributed by atoms with van der Waals surface area (Å²) in [4.78, 5) is 29.9. The summed E-state index contributed by atoms with van der Waals surface area (Å²) in [6, 6.07) is 8.75. The van der Waals surface area contributed by atoms with Crippen molar-refractivity contribution in [1.82, 2.24) is 10.3 Å². The third-order valence-electron chi connectivity index (χ3n) is 4.10. The van der Waals surface area contributed by atoms with E-state index in [0.717, 1.165) is 6.92 Å². The highest BCUT2D eigenvalue weighted by atomic mass is 35.5. The molecule has 1 aromatic heterocycles. The predicted molar refractivity (Wildman–Crippen MR) is 95.0 cm³/mol. The molecule has 11 heteroatoms. The number of aromatic nitrogens is 1. The maximum atomic E-state index is 13.1. The lowest BCUT2D eigenvalue weighted by Crippen LogP contribution is -2.51. The van der Waals surface area contributed by atoms with Gasteiger partial charge in [-0.2, -0.15) is 0 Å². The normalized spacial score (nSPS) is 21.0. The van der Waals surface area contributed by atoms with Crippen LogP contribution in [0.3, 0.4) is 0 Å². The number of benzene rings is 1.